The monoisotopic (exact) mass is 305 g/mol. The van der Waals surface area contributed by atoms with Gasteiger partial charge in [0.25, 0.3) is 0 Å². The number of hydrogen-bond donors (Lipinski definition) is 2. The van der Waals surface area contributed by atoms with Crippen LogP contribution in [0.1, 0.15) is 27.7 Å². The Labute approximate surface area is 108 Å². The number of carbonyl (C=O) groups is 1. The number of nitrogens with two attached hydrogens (primary N) is 1. The van der Waals surface area contributed by atoms with E-state index in [0.29, 0.717) is 5.13 Å². The standard InChI is InChI=1S/C10H16BrN3OS/c1-9(2,10(3,4)12)7(15)14-8-13-5-6(11)16-8/h5H,12H2,1-4H3,(H,13,14,15). The maximum absolute atomic E-state index is 12.1. The smallest absolute Gasteiger partial charge is 0.233 e. The molecule has 0 aliphatic heterocycles. The number of thiazole rings is 1. The number of amides is 1. The molecule has 4 nitrogen and oxygen atoms in total. The highest BCUT2D eigenvalue weighted by atomic mass is 79.9. The van der Waals surface area contributed by atoms with Crippen molar-refractivity contribution in [3.05, 3.63) is 9.98 Å². The number of nitrogens with one attached hydrogen (secondary N) is 1. The van der Waals surface area contributed by atoms with Crippen LogP contribution >= 0.6 is 27.3 Å². The Kier molecular flexibility index (Phi) is 3.76. The molecule has 0 fully saturated rings. The molecule has 1 aromatic heterocycles. The Morgan fingerprint density at radius 1 is 1.50 bits per heavy atom. The van der Waals surface area contributed by atoms with Crippen molar-refractivity contribution in [3.8, 4) is 0 Å². The SMILES string of the molecule is CC(C)(N)C(C)(C)C(=O)Nc1ncc(Br)s1. The van der Waals surface area contributed by atoms with Crippen molar-refractivity contribution in [2.75, 3.05) is 5.32 Å². The van der Waals surface area contributed by atoms with Gasteiger partial charge < -0.3 is 11.1 Å². The third-order valence-electron chi connectivity index (χ3n) is 2.88. The Bertz CT molecular complexity index is 395. The topological polar surface area (TPSA) is 68.0 Å². The Hall–Kier alpha value is -0.460. The maximum Gasteiger partial charge on any atom is 0.233 e. The van der Waals surface area contributed by atoms with Crippen molar-refractivity contribution in [3.63, 3.8) is 0 Å². The molecule has 0 unspecified atom stereocenters. The molecular weight excluding hydrogens is 290 g/mol. The Morgan fingerprint density at radius 3 is 2.44 bits per heavy atom. The second-order valence-electron chi connectivity index (χ2n) is 4.77. The van der Waals surface area contributed by atoms with Crippen LogP contribution in [-0.4, -0.2) is 16.4 Å². The minimum absolute atomic E-state index is 0.123. The summed E-state index contributed by atoms with van der Waals surface area (Å²) in [5.41, 5.74) is 4.73. The van der Waals surface area contributed by atoms with E-state index in [2.05, 4.69) is 26.2 Å². The van der Waals surface area contributed by atoms with E-state index in [1.807, 2.05) is 27.7 Å². The van der Waals surface area contributed by atoms with Crippen LogP contribution in [0.4, 0.5) is 5.13 Å². The molecule has 16 heavy (non-hydrogen) atoms. The first-order valence-corrected chi connectivity index (χ1v) is 6.47. The lowest BCUT2D eigenvalue weighted by atomic mass is 9.74. The van der Waals surface area contributed by atoms with Gasteiger partial charge >= 0.3 is 0 Å². The van der Waals surface area contributed by atoms with Crippen LogP contribution in [0.5, 0.6) is 0 Å². The molecule has 6 heteroatoms. The van der Waals surface area contributed by atoms with Crippen LogP contribution < -0.4 is 11.1 Å². The average molecular weight is 306 g/mol. The highest BCUT2D eigenvalue weighted by Gasteiger charge is 2.40. The van der Waals surface area contributed by atoms with Gasteiger partial charge in [-0.15, -0.1) is 0 Å². The predicted octanol–water partition coefficient (Wildman–Crippen LogP) is 2.61. The van der Waals surface area contributed by atoms with Gasteiger partial charge in [0, 0.05) is 5.54 Å². The van der Waals surface area contributed by atoms with Gasteiger partial charge in [0.1, 0.15) is 0 Å². The average Bonchev–Trinajstić information content (AvgIpc) is 2.49. The number of aromatic nitrogens is 1. The van der Waals surface area contributed by atoms with Gasteiger partial charge in [-0.25, -0.2) is 4.98 Å². The lowest BCUT2D eigenvalue weighted by Crippen LogP contribution is -2.53. The minimum Gasteiger partial charge on any atom is -0.325 e. The van der Waals surface area contributed by atoms with Gasteiger partial charge in [-0.1, -0.05) is 11.3 Å². The molecule has 0 bridgehead atoms. The molecule has 0 saturated carbocycles. The molecule has 0 aliphatic rings. The number of carbonyl (C=O) groups excluding carboxylic acids is 1. The lowest BCUT2D eigenvalue weighted by Gasteiger charge is -2.36. The highest BCUT2D eigenvalue weighted by molar-refractivity contribution is 9.11. The fourth-order valence-electron chi connectivity index (χ4n) is 0.858. The summed E-state index contributed by atoms with van der Waals surface area (Å²) in [4.78, 5) is 16.1. The fourth-order valence-corrected chi connectivity index (χ4v) is 1.96. The van der Waals surface area contributed by atoms with Gasteiger partial charge in [-0.05, 0) is 43.6 Å². The molecule has 1 amide bonds. The first-order valence-electron chi connectivity index (χ1n) is 4.86. The zero-order valence-electron chi connectivity index (χ0n) is 9.80. The molecule has 3 N–H and O–H groups in total. The second kappa shape index (κ2) is 4.43. The summed E-state index contributed by atoms with van der Waals surface area (Å²) in [5.74, 6) is -0.123. The molecule has 0 spiro atoms. The summed E-state index contributed by atoms with van der Waals surface area (Å²) in [7, 11) is 0. The van der Waals surface area contributed by atoms with E-state index < -0.39 is 11.0 Å². The normalized spacial score (nSPS) is 12.6. The van der Waals surface area contributed by atoms with Crippen molar-refractivity contribution < 1.29 is 4.79 Å². The number of nitrogens with zero attached hydrogens (tertiary/aromatic N) is 1. The molecule has 0 aromatic carbocycles. The number of anilines is 1. The van der Waals surface area contributed by atoms with Crippen molar-refractivity contribution in [1.82, 2.24) is 4.98 Å². The zero-order chi connectivity index (χ0) is 12.6. The summed E-state index contributed by atoms with van der Waals surface area (Å²) in [6, 6.07) is 0. The van der Waals surface area contributed by atoms with Crippen LogP contribution in [0.3, 0.4) is 0 Å². The van der Waals surface area contributed by atoms with Crippen LogP contribution in [0.15, 0.2) is 9.98 Å². The largest absolute Gasteiger partial charge is 0.325 e. The molecule has 1 heterocycles. The van der Waals surface area contributed by atoms with Crippen LogP contribution in [0.25, 0.3) is 0 Å². The summed E-state index contributed by atoms with van der Waals surface area (Å²) < 4.78 is 0.882. The van der Waals surface area contributed by atoms with Gasteiger partial charge in [0.15, 0.2) is 5.13 Å². The van der Waals surface area contributed by atoms with E-state index in [1.54, 1.807) is 6.20 Å². The van der Waals surface area contributed by atoms with Crippen LogP contribution in [0.2, 0.25) is 0 Å². The minimum atomic E-state index is -0.662. The Morgan fingerprint density at radius 2 is 2.06 bits per heavy atom. The molecule has 0 saturated heterocycles. The van der Waals surface area contributed by atoms with E-state index in [4.69, 9.17) is 5.73 Å². The summed E-state index contributed by atoms with van der Waals surface area (Å²) in [6.45, 7) is 7.32. The first-order chi connectivity index (χ1) is 7.14. The van der Waals surface area contributed by atoms with Gasteiger partial charge in [-0.2, -0.15) is 0 Å². The maximum atomic E-state index is 12.1. The molecular formula is C10H16BrN3OS. The van der Waals surface area contributed by atoms with Crippen molar-refractivity contribution in [2.45, 2.75) is 33.2 Å². The van der Waals surface area contributed by atoms with Gasteiger partial charge in [0.2, 0.25) is 5.91 Å². The summed E-state index contributed by atoms with van der Waals surface area (Å²) in [5, 5.41) is 3.35. The van der Waals surface area contributed by atoms with E-state index in [0.717, 1.165) is 3.79 Å². The van der Waals surface area contributed by atoms with Crippen molar-refractivity contribution >= 4 is 38.3 Å². The van der Waals surface area contributed by atoms with Crippen molar-refractivity contribution in [2.24, 2.45) is 11.1 Å². The number of halogens is 1. The molecule has 0 aliphatic carbocycles. The van der Waals surface area contributed by atoms with E-state index in [1.165, 1.54) is 11.3 Å². The number of rotatable bonds is 3. The third-order valence-corrected chi connectivity index (χ3v) is 4.27. The van der Waals surface area contributed by atoms with Crippen molar-refractivity contribution in [1.29, 1.82) is 0 Å². The summed E-state index contributed by atoms with van der Waals surface area (Å²) in [6.07, 6.45) is 1.65. The third kappa shape index (κ3) is 2.81. The van der Waals surface area contributed by atoms with Crippen LogP contribution in [0, 0.1) is 5.41 Å². The van der Waals surface area contributed by atoms with Crippen LogP contribution in [-0.2, 0) is 4.79 Å². The van der Waals surface area contributed by atoms with E-state index in [9.17, 15) is 4.79 Å². The molecule has 90 valence electrons. The Balaban J connectivity index is 2.80. The van der Waals surface area contributed by atoms with Gasteiger partial charge in [-0.3, -0.25) is 4.79 Å². The molecule has 0 radical (unpaired) electrons. The molecule has 1 rings (SSSR count). The highest BCUT2D eigenvalue weighted by Crippen LogP contribution is 2.31. The van der Waals surface area contributed by atoms with E-state index in [-0.39, 0.29) is 5.91 Å². The lowest BCUT2D eigenvalue weighted by molar-refractivity contribution is -0.126. The number of hydrogen-bond acceptors (Lipinski definition) is 4. The predicted molar refractivity (Wildman–Crippen MR) is 70.5 cm³/mol. The fraction of sp³-hybridized carbons (Fsp3) is 0.600. The quantitative estimate of drug-likeness (QED) is 0.902. The van der Waals surface area contributed by atoms with E-state index >= 15 is 0 Å². The molecule has 0 atom stereocenters. The summed E-state index contributed by atoms with van der Waals surface area (Å²) >= 11 is 4.67. The zero-order valence-corrected chi connectivity index (χ0v) is 12.2. The molecule has 1 aromatic rings. The first kappa shape index (κ1) is 13.6. The van der Waals surface area contributed by atoms with Gasteiger partial charge in [0.05, 0.1) is 15.4 Å². The second-order valence-corrected chi connectivity index (χ2v) is 7.18.